The SMILES string of the molecule is CNCC(C)(C)Cc1ncnn1C. The van der Waals surface area contributed by atoms with Crippen LogP contribution in [0.1, 0.15) is 19.7 Å². The van der Waals surface area contributed by atoms with Crippen molar-refractivity contribution in [3.8, 4) is 0 Å². The molecule has 0 aliphatic rings. The Morgan fingerprint density at radius 1 is 1.54 bits per heavy atom. The van der Waals surface area contributed by atoms with Crippen LogP contribution in [-0.2, 0) is 13.5 Å². The van der Waals surface area contributed by atoms with E-state index in [1.807, 2.05) is 18.8 Å². The number of nitrogens with zero attached hydrogens (tertiary/aromatic N) is 3. The molecule has 4 nitrogen and oxygen atoms in total. The van der Waals surface area contributed by atoms with Gasteiger partial charge in [-0.2, -0.15) is 5.10 Å². The van der Waals surface area contributed by atoms with Crippen LogP contribution in [0.5, 0.6) is 0 Å². The fourth-order valence-electron chi connectivity index (χ4n) is 1.45. The van der Waals surface area contributed by atoms with Crippen molar-refractivity contribution in [2.75, 3.05) is 13.6 Å². The summed E-state index contributed by atoms with van der Waals surface area (Å²) < 4.78 is 1.83. The number of hydrogen-bond acceptors (Lipinski definition) is 3. The molecule has 0 atom stereocenters. The van der Waals surface area contributed by atoms with Crippen molar-refractivity contribution in [1.29, 1.82) is 0 Å². The van der Waals surface area contributed by atoms with Gasteiger partial charge in [-0.15, -0.1) is 0 Å². The zero-order chi connectivity index (χ0) is 9.90. The van der Waals surface area contributed by atoms with Gasteiger partial charge in [0.05, 0.1) is 0 Å². The van der Waals surface area contributed by atoms with Crippen LogP contribution in [0.25, 0.3) is 0 Å². The minimum Gasteiger partial charge on any atom is -0.319 e. The Morgan fingerprint density at radius 2 is 2.23 bits per heavy atom. The van der Waals surface area contributed by atoms with E-state index in [4.69, 9.17) is 0 Å². The third kappa shape index (κ3) is 2.81. The topological polar surface area (TPSA) is 42.7 Å². The molecule has 0 spiro atoms. The maximum Gasteiger partial charge on any atom is 0.138 e. The van der Waals surface area contributed by atoms with Gasteiger partial charge >= 0.3 is 0 Å². The summed E-state index contributed by atoms with van der Waals surface area (Å²) in [5.41, 5.74) is 0.232. The van der Waals surface area contributed by atoms with Gasteiger partial charge < -0.3 is 5.32 Å². The number of aromatic nitrogens is 3. The second-order valence-corrected chi connectivity index (χ2v) is 4.17. The Hall–Kier alpha value is -0.900. The minimum absolute atomic E-state index is 0.232. The van der Waals surface area contributed by atoms with E-state index in [1.165, 1.54) is 0 Å². The number of rotatable bonds is 4. The van der Waals surface area contributed by atoms with Crippen LogP contribution in [0, 0.1) is 5.41 Å². The molecule has 0 unspecified atom stereocenters. The van der Waals surface area contributed by atoms with Gasteiger partial charge in [0.15, 0.2) is 0 Å². The summed E-state index contributed by atoms with van der Waals surface area (Å²) in [5.74, 6) is 1.04. The van der Waals surface area contributed by atoms with Crippen molar-refractivity contribution in [3.63, 3.8) is 0 Å². The van der Waals surface area contributed by atoms with Crippen molar-refractivity contribution < 1.29 is 0 Å². The highest BCUT2D eigenvalue weighted by Crippen LogP contribution is 2.18. The molecule has 1 rings (SSSR count). The third-order valence-corrected chi connectivity index (χ3v) is 2.10. The molecule has 0 bridgehead atoms. The van der Waals surface area contributed by atoms with Crippen molar-refractivity contribution in [2.45, 2.75) is 20.3 Å². The van der Waals surface area contributed by atoms with E-state index in [0.717, 1.165) is 18.8 Å². The van der Waals surface area contributed by atoms with Crippen LogP contribution < -0.4 is 5.32 Å². The molecule has 0 fully saturated rings. The van der Waals surface area contributed by atoms with Crippen LogP contribution in [0.3, 0.4) is 0 Å². The van der Waals surface area contributed by atoms with Gasteiger partial charge in [-0.25, -0.2) is 4.98 Å². The molecule has 0 aliphatic heterocycles. The van der Waals surface area contributed by atoms with Gasteiger partial charge in [0.25, 0.3) is 0 Å². The van der Waals surface area contributed by atoms with Gasteiger partial charge in [-0.3, -0.25) is 4.68 Å². The van der Waals surface area contributed by atoms with Crippen LogP contribution >= 0.6 is 0 Å². The first kappa shape index (κ1) is 10.2. The number of aryl methyl sites for hydroxylation is 1. The smallest absolute Gasteiger partial charge is 0.138 e. The van der Waals surface area contributed by atoms with Gasteiger partial charge in [0.2, 0.25) is 0 Å². The second kappa shape index (κ2) is 3.87. The fraction of sp³-hybridized carbons (Fsp3) is 0.778. The van der Waals surface area contributed by atoms with Crippen LogP contribution in [0.15, 0.2) is 6.33 Å². The summed E-state index contributed by atoms with van der Waals surface area (Å²) in [6, 6.07) is 0. The van der Waals surface area contributed by atoms with Crippen LogP contribution in [0.2, 0.25) is 0 Å². The van der Waals surface area contributed by atoms with Gasteiger partial charge in [-0.05, 0) is 12.5 Å². The minimum atomic E-state index is 0.232. The molecule has 1 heterocycles. The van der Waals surface area contributed by atoms with Crippen LogP contribution in [-0.4, -0.2) is 28.4 Å². The Kier molecular flexibility index (Phi) is 3.03. The van der Waals surface area contributed by atoms with Crippen molar-refractivity contribution >= 4 is 0 Å². The molecule has 1 N–H and O–H groups in total. The first-order valence-electron chi connectivity index (χ1n) is 4.53. The molecule has 4 heteroatoms. The van der Waals surface area contributed by atoms with Gasteiger partial charge in [0.1, 0.15) is 12.2 Å². The molecular weight excluding hydrogens is 164 g/mol. The molecule has 1 aromatic rings. The summed E-state index contributed by atoms with van der Waals surface area (Å²) in [4.78, 5) is 4.21. The Labute approximate surface area is 79.4 Å². The Balaban J connectivity index is 2.63. The van der Waals surface area contributed by atoms with Gasteiger partial charge in [0, 0.05) is 20.0 Å². The van der Waals surface area contributed by atoms with E-state index in [1.54, 1.807) is 6.33 Å². The number of hydrogen-bond donors (Lipinski definition) is 1. The molecule has 0 saturated carbocycles. The molecule has 0 amide bonds. The molecule has 0 aliphatic carbocycles. The van der Waals surface area contributed by atoms with E-state index in [2.05, 4.69) is 29.2 Å². The lowest BCUT2D eigenvalue weighted by Crippen LogP contribution is -2.29. The van der Waals surface area contributed by atoms with E-state index < -0.39 is 0 Å². The Bertz CT molecular complexity index is 264. The Morgan fingerprint density at radius 3 is 2.69 bits per heavy atom. The molecule has 1 aromatic heterocycles. The zero-order valence-corrected chi connectivity index (χ0v) is 8.83. The predicted octanol–water partition coefficient (Wildman–Crippen LogP) is 0.603. The highest BCUT2D eigenvalue weighted by Gasteiger charge is 2.19. The maximum absolute atomic E-state index is 4.21. The van der Waals surface area contributed by atoms with E-state index >= 15 is 0 Å². The number of nitrogens with one attached hydrogen (secondary N) is 1. The molecular formula is C9H18N4. The normalized spacial score (nSPS) is 12.0. The first-order valence-corrected chi connectivity index (χ1v) is 4.53. The summed E-state index contributed by atoms with van der Waals surface area (Å²) in [7, 11) is 3.90. The maximum atomic E-state index is 4.21. The van der Waals surface area contributed by atoms with Gasteiger partial charge in [-0.1, -0.05) is 13.8 Å². The second-order valence-electron chi connectivity index (χ2n) is 4.17. The molecule has 0 aromatic carbocycles. The predicted molar refractivity (Wildman–Crippen MR) is 52.4 cm³/mol. The standard InChI is InChI=1S/C9H18N4/c1-9(2,6-10-3)5-8-11-7-12-13(8)4/h7,10H,5-6H2,1-4H3. The average molecular weight is 182 g/mol. The van der Waals surface area contributed by atoms with Crippen molar-refractivity contribution in [3.05, 3.63) is 12.2 Å². The van der Waals surface area contributed by atoms with Crippen molar-refractivity contribution in [1.82, 2.24) is 20.1 Å². The summed E-state index contributed by atoms with van der Waals surface area (Å²) >= 11 is 0. The zero-order valence-electron chi connectivity index (χ0n) is 8.83. The molecule has 0 radical (unpaired) electrons. The average Bonchev–Trinajstić information content (AvgIpc) is 2.35. The van der Waals surface area contributed by atoms with E-state index in [9.17, 15) is 0 Å². The third-order valence-electron chi connectivity index (χ3n) is 2.10. The quantitative estimate of drug-likeness (QED) is 0.741. The fourth-order valence-corrected chi connectivity index (χ4v) is 1.45. The van der Waals surface area contributed by atoms with E-state index in [-0.39, 0.29) is 5.41 Å². The molecule has 13 heavy (non-hydrogen) atoms. The summed E-state index contributed by atoms with van der Waals surface area (Å²) in [6.07, 6.45) is 2.55. The largest absolute Gasteiger partial charge is 0.319 e. The van der Waals surface area contributed by atoms with Crippen LogP contribution in [0.4, 0.5) is 0 Å². The monoisotopic (exact) mass is 182 g/mol. The highest BCUT2D eigenvalue weighted by atomic mass is 15.3. The van der Waals surface area contributed by atoms with Crippen molar-refractivity contribution in [2.24, 2.45) is 12.5 Å². The first-order chi connectivity index (χ1) is 6.05. The molecule has 0 saturated heterocycles. The lowest BCUT2D eigenvalue weighted by atomic mass is 9.89. The highest BCUT2D eigenvalue weighted by molar-refractivity contribution is 4.90. The molecule has 74 valence electrons. The van der Waals surface area contributed by atoms with E-state index in [0.29, 0.717) is 0 Å². The summed E-state index contributed by atoms with van der Waals surface area (Å²) in [6.45, 7) is 5.43. The lowest BCUT2D eigenvalue weighted by Gasteiger charge is -2.23. The lowest BCUT2D eigenvalue weighted by molar-refractivity contribution is 0.337. The summed E-state index contributed by atoms with van der Waals surface area (Å²) in [5, 5.41) is 7.23.